The van der Waals surface area contributed by atoms with E-state index in [2.05, 4.69) is 5.32 Å². The molecule has 1 aliphatic carbocycles. The lowest BCUT2D eigenvalue weighted by Crippen LogP contribution is -2.42. The zero-order chi connectivity index (χ0) is 25.7. The summed E-state index contributed by atoms with van der Waals surface area (Å²) in [7, 11) is 0. The van der Waals surface area contributed by atoms with E-state index in [1.807, 2.05) is 20.8 Å². The fraction of sp³-hybridized carbons (Fsp3) is 0.607. The van der Waals surface area contributed by atoms with E-state index in [0.29, 0.717) is 48.9 Å². The van der Waals surface area contributed by atoms with Crippen LogP contribution < -0.4 is 15.5 Å². The standard InChI is InChI=1S/C28H38N2O6/c1-28(2,3)36-27(33)30-14-12-20(13-15-30)18-34-23-11-7-10-21-22(31)16-24(35-25(21)23)26(32)29-17-19-8-5-4-6-9-19/h7,10-11,16,19-20H,4-6,8-9,12-15,17-18H2,1-3H3,(H,29,32). The summed E-state index contributed by atoms with van der Waals surface area (Å²) < 4.78 is 17.4. The minimum atomic E-state index is -0.513. The second-order valence-corrected chi connectivity index (χ2v) is 11.0. The molecular formula is C28H38N2O6. The van der Waals surface area contributed by atoms with Gasteiger partial charge in [0.1, 0.15) is 5.60 Å². The first kappa shape index (κ1) is 26.0. The van der Waals surface area contributed by atoms with Crippen molar-refractivity contribution in [1.82, 2.24) is 10.2 Å². The maximum absolute atomic E-state index is 12.7. The van der Waals surface area contributed by atoms with Gasteiger partial charge in [0.15, 0.2) is 22.5 Å². The third-order valence-corrected chi connectivity index (χ3v) is 6.96. The van der Waals surface area contributed by atoms with Gasteiger partial charge in [-0.1, -0.05) is 25.3 Å². The number of likely N-dealkylation sites (tertiary alicyclic amines) is 1. The molecule has 0 unspecified atom stereocenters. The molecule has 1 aromatic carbocycles. The lowest BCUT2D eigenvalue weighted by molar-refractivity contribution is 0.0165. The maximum Gasteiger partial charge on any atom is 0.410 e. The number of piperidine rings is 1. The maximum atomic E-state index is 12.7. The minimum absolute atomic E-state index is 0.00466. The van der Waals surface area contributed by atoms with Crippen LogP contribution in [0.25, 0.3) is 11.0 Å². The molecule has 36 heavy (non-hydrogen) atoms. The third kappa shape index (κ3) is 6.80. The number of carbonyl (C=O) groups excluding carboxylic acids is 2. The van der Waals surface area contributed by atoms with Gasteiger partial charge in [-0.15, -0.1) is 0 Å². The summed E-state index contributed by atoms with van der Waals surface area (Å²) in [5, 5.41) is 3.32. The Hall–Kier alpha value is -3.03. The second-order valence-electron chi connectivity index (χ2n) is 11.0. The van der Waals surface area contributed by atoms with Gasteiger partial charge in [-0.05, 0) is 70.4 Å². The highest BCUT2D eigenvalue weighted by Gasteiger charge is 2.27. The van der Waals surface area contributed by atoms with Gasteiger partial charge >= 0.3 is 6.09 Å². The number of nitrogens with zero attached hydrogens (tertiary/aromatic N) is 1. The molecule has 8 nitrogen and oxygen atoms in total. The first-order valence-electron chi connectivity index (χ1n) is 13.2. The van der Waals surface area contributed by atoms with E-state index in [4.69, 9.17) is 13.9 Å². The van der Waals surface area contributed by atoms with Gasteiger partial charge < -0.3 is 24.1 Å². The quantitative estimate of drug-likeness (QED) is 0.593. The number of hydrogen-bond donors (Lipinski definition) is 1. The number of fused-ring (bicyclic) bond motifs is 1. The van der Waals surface area contributed by atoms with Gasteiger partial charge in [0.2, 0.25) is 0 Å². The van der Waals surface area contributed by atoms with Gasteiger partial charge in [0.25, 0.3) is 5.91 Å². The molecule has 4 rings (SSSR count). The fourth-order valence-electron chi connectivity index (χ4n) is 4.91. The molecule has 0 bridgehead atoms. The lowest BCUT2D eigenvalue weighted by Gasteiger charge is -2.33. The van der Waals surface area contributed by atoms with E-state index in [1.54, 1.807) is 23.1 Å². The van der Waals surface area contributed by atoms with Crippen molar-refractivity contribution in [3.8, 4) is 5.75 Å². The van der Waals surface area contributed by atoms with Crippen LogP contribution in [-0.4, -0.2) is 48.7 Å². The van der Waals surface area contributed by atoms with Crippen molar-refractivity contribution in [1.29, 1.82) is 0 Å². The molecule has 1 aliphatic heterocycles. The highest BCUT2D eigenvalue weighted by molar-refractivity contribution is 5.93. The summed E-state index contributed by atoms with van der Waals surface area (Å²) in [6.45, 7) is 7.83. The molecule has 0 atom stereocenters. The molecule has 2 heterocycles. The summed E-state index contributed by atoms with van der Waals surface area (Å²) >= 11 is 0. The second kappa shape index (κ2) is 11.4. The monoisotopic (exact) mass is 498 g/mol. The number of amides is 2. The Morgan fingerprint density at radius 3 is 2.47 bits per heavy atom. The van der Waals surface area contributed by atoms with E-state index in [9.17, 15) is 14.4 Å². The highest BCUT2D eigenvalue weighted by Crippen LogP contribution is 2.27. The Morgan fingerprint density at radius 2 is 1.78 bits per heavy atom. The van der Waals surface area contributed by atoms with Crippen LogP contribution in [-0.2, 0) is 4.74 Å². The number of para-hydroxylation sites is 1. The van der Waals surface area contributed by atoms with Gasteiger partial charge in [0, 0.05) is 25.7 Å². The van der Waals surface area contributed by atoms with E-state index in [0.717, 1.165) is 25.7 Å². The third-order valence-electron chi connectivity index (χ3n) is 6.96. The molecule has 1 N–H and O–H groups in total. The largest absolute Gasteiger partial charge is 0.489 e. The van der Waals surface area contributed by atoms with Crippen molar-refractivity contribution < 1.29 is 23.5 Å². The number of carbonyl (C=O) groups is 2. The molecule has 1 saturated heterocycles. The van der Waals surface area contributed by atoms with Crippen molar-refractivity contribution in [3.05, 3.63) is 40.2 Å². The van der Waals surface area contributed by atoms with Crippen LogP contribution in [0, 0.1) is 11.8 Å². The Labute approximate surface area is 212 Å². The molecule has 2 aromatic rings. The first-order chi connectivity index (χ1) is 17.2. The number of nitrogens with one attached hydrogen (secondary N) is 1. The van der Waals surface area contributed by atoms with Crippen LogP contribution in [0.5, 0.6) is 5.75 Å². The Morgan fingerprint density at radius 1 is 1.06 bits per heavy atom. The topological polar surface area (TPSA) is 98.1 Å². The van der Waals surface area contributed by atoms with E-state index < -0.39 is 5.60 Å². The van der Waals surface area contributed by atoms with Crippen molar-refractivity contribution in [2.75, 3.05) is 26.2 Å². The summed E-state index contributed by atoms with van der Waals surface area (Å²) in [5.74, 6) is 0.818. The van der Waals surface area contributed by atoms with Crippen LogP contribution in [0.2, 0.25) is 0 Å². The smallest absolute Gasteiger partial charge is 0.410 e. The van der Waals surface area contributed by atoms with Gasteiger partial charge in [-0.25, -0.2) is 4.79 Å². The Bertz CT molecular complexity index is 1120. The molecule has 0 spiro atoms. The number of ether oxygens (including phenoxy) is 2. The SMILES string of the molecule is CC(C)(C)OC(=O)N1CCC(COc2cccc3c(=O)cc(C(=O)NCC4CCCCC4)oc23)CC1. The highest BCUT2D eigenvalue weighted by atomic mass is 16.6. The summed E-state index contributed by atoms with van der Waals surface area (Å²) in [6, 6.07) is 6.44. The average molecular weight is 499 g/mol. The molecule has 2 amide bonds. The molecule has 0 radical (unpaired) electrons. The first-order valence-corrected chi connectivity index (χ1v) is 13.2. The van der Waals surface area contributed by atoms with E-state index in [1.165, 1.54) is 25.3 Å². The Balaban J connectivity index is 1.37. The van der Waals surface area contributed by atoms with Gasteiger partial charge in [-0.3, -0.25) is 9.59 Å². The molecule has 8 heteroatoms. The molecule has 196 valence electrons. The normalized spacial score (nSPS) is 17.7. The van der Waals surface area contributed by atoms with Gasteiger partial charge in [-0.2, -0.15) is 0 Å². The minimum Gasteiger partial charge on any atom is -0.489 e. The predicted octanol–water partition coefficient (Wildman–Crippen LogP) is 5.13. The summed E-state index contributed by atoms with van der Waals surface area (Å²) in [4.78, 5) is 39.5. The number of benzene rings is 1. The van der Waals surface area contributed by atoms with Crippen molar-refractivity contribution in [2.45, 2.75) is 71.3 Å². The van der Waals surface area contributed by atoms with Gasteiger partial charge in [0.05, 0.1) is 12.0 Å². The van der Waals surface area contributed by atoms with Crippen LogP contribution in [0.15, 0.2) is 33.5 Å². The average Bonchev–Trinajstić information content (AvgIpc) is 2.86. The van der Waals surface area contributed by atoms with E-state index in [-0.39, 0.29) is 29.1 Å². The lowest BCUT2D eigenvalue weighted by atomic mass is 9.89. The molecular weight excluding hydrogens is 460 g/mol. The van der Waals surface area contributed by atoms with Crippen LogP contribution in [0.4, 0.5) is 4.79 Å². The van der Waals surface area contributed by atoms with Crippen molar-refractivity contribution >= 4 is 23.0 Å². The summed E-state index contributed by atoms with van der Waals surface area (Å²) in [6.07, 6.45) is 7.21. The van der Waals surface area contributed by atoms with Crippen molar-refractivity contribution in [3.63, 3.8) is 0 Å². The number of hydrogen-bond acceptors (Lipinski definition) is 6. The fourth-order valence-corrected chi connectivity index (χ4v) is 4.91. The molecule has 1 saturated carbocycles. The van der Waals surface area contributed by atoms with E-state index >= 15 is 0 Å². The van der Waals surface area contributed by atoms with Crippen molar-refractivity contribution in [2.24, 2.45) is 11.8 Å². The number of rotatable bonds is 6. The zero-order valence-corrected chi connectivity index (χ0v) is 21.6. The Kier molecular flexibility index (Phi) is 8.21. The summed E-state index contributed by atoms with van der Waals surface area (Å²) in [5.41, 5.74) is -0.491. The molecule has 2 aliphatic rings. The molecule has 1 aromatic heterocycles. The van der Waals surface area contributed by atoms with Crippen LogP contribution in [0.1, 0.15) is 76.3 Å². The zero-order valence-electron chi connectivity index (χ0n) is 21.6. The molecule has 2 fully saturated rings. The predicted molar refractivity (Wildman–Crippen MR) is 137 cm³/mol. The van der Waals surface area contributed by atoms with Crippen LogP contribution in [0.3, 0.4) is 0 Å². The van der Waals surface area contributed by atoms with Crippen LogP contribution >= 0.6 is 0 Å².